The van der Waals surface area contributed by atoms with Crippen molar-refractivity contribution in [1.29, 1.82) is 5.26 Å². The van der Waals surface area contributed by atoms with E-state index in [4.69, 9.17) is 15.9 Å². The summed E-state index contributed by atoms with van der Waals surface area (Å²) in [5, 5.41) is 10.6. The zero-order valence-corrected chi connectivity index (χ0v) is 20.1. The molecule has 1 amide bonds. The number of nitrogens with zero attached hydrogens (tertiary/aromatic N) is 4. The van der Waals surface area contributed by atoms with Gasteiger partial charge in [-0.05, 0) is 32.4 Å². The Hall–Kier alpha value is -3.14. The Labute approximate surface area is 195 Å². The normalized spacial score (nSPS) is 15.2. The smallest absolute Gasteiger partial charge is 0.260 e. The molecule has 1 aliphatic heterocycles. The van der Waals surface area contributed by atoms with Crippen molar-refractivity contribution < 1.29 is 17.6 Å². The van der Waals surface area contributed by atoms with E-state index in [1.54, 1.807) is 6.92 Å². The van der Waals surface area contributed by atoms with E-state index in [2.05, 4.69) is 11.1 Å². The van der Waals surface area contributed by atoms with Crippen LogP contribution in [0, 0.1) is 25.2 Å². The fourth-order valence-electron chi connectivity index (χ4n) is 3.96. The van der Waals surface area contributed by atoms with Gasteiger partial charge in [0.25, 0.3) is 5.91 Å². The molecule has 10 nitrogen and oxygen atoms in total. The maximum absolute atomic E-state index is 12.2. The van der Waals surface area contributed by atoms with Gasteiger partial charge in [0.2, 0.25) is 10.0 Å². The summed E-state index contributed by atoms with van der Waals surface area (Å²) in [6, 6.07) is 4.06. The van der Waals surface area contributed by atoms with Crippen molar-refractivity contribution in [2.45, 2.75) is 20.8 Å². The van der Waals surface area contributed by atoms with Crippen LogP contribution in [0.25, 0.3) is 21.5 Å². The number of nitrogen functional groups attached to an aromatic ring is 1. The second-order valence-corrected chi connectivity index (χ2v) is 11.1. The first-order valence-electron chi connectivity index (χ1n) is 10.3. The van der Waals surface area contributed by atoms with Crippen molar-refractivity contribution in [1.82, 2.24) is 9.29 Å². The van der Waals surface area contributed by atoms with Gasteiger partial charge in [0.1, 0.15) is 38.7 Å². The van der Waals surface area contributed by atoms with E-state index in [0.717, 1.165) is 16.9 Å². The van der Waals surface area contributed by atoms with E-state index in [-0.39, 0.29) is 35.0 Å². The molecule has 1 saturated heterocycles. The van der Waals surface area contributed by atoms with Crippen LogP contribution in [-0.2, 0) is 10.0 Å². The third kappa shape index (κ3) is 3.82. The second kappa shape index (κ2) is 8.33. The Morgan fingerprint density at radius 3 is 2.48 bits per heavy atom. The quantitative estimate of drug-likeness (QED) is 0.553. The van der Waals surface area contributed by atoms with Crippen molar-refractivity contribution in [3.8, 4) is 17.4 Å². The van der Waals surface area contributed by atoms with E-state index in [9.17, 15) is 18.5 Å². The Balaban J connectivity index is 1.92. The van der Waals surface area contributed by atoms with Gasteiger partial charge in [0.05, 0.1) is 17.0 Å². The van der Waals surface area contributed by atoms with E-state index in [1.807, 2.05) is 24.8 Å². The molecular formula is C21H24N6O4S2. The average molecular weight is 489 g/mol. The Morgan fingerprint density at radius 2 is 1.97 bits per heavy atom. The van der Waals surface area contributed by atoms with Gasteiger partial charge in [0.15, 0.2) is 0 Å². The first kappa shape index (κ1) is 23.0. The number of furan rings is 1. The predicted molar refractivity (Wildman–Crippen MR) is 128 cm³/mol. The minimum atomic E-state index is -3.30. The summed E-state index contributed by atoms with van der Waals surface area (Å²) in [6.45, 7) is 6.64. The lowest BCUT2D eigenvalue weighted by Gasteiger charge is -2.35. The van der Waals surface area contributed by atoms with Gasteiger partial charge in [-0.3, -0.25) is 4.79 Å². The van der Waals surface area contributed by atoms with Gasteiger partial charge in [-0.25, -0.2) is 13.4 Å². The van der Waals surface area contributed by atoms with Crippen LogP contribution in [0.15, 0.2) is 10.5 Å². The lowest BCUT2D eigenvalue weighted by atomic mass is 10.0. The van der Waals surface area contributed by atoms with E-state index < -0.39 is 15.9 Å². The third-order valence-corrected chi connectivity index (χ3v) is 8.90. The number of aromatic nitrogens is 1. The Kier molecular flexibility index (Phi) is 5.81. The standard InChI is InChI=1S/C21H24N6O4S2/c1-4-33(29,30)27-7-5-26(6-8-27)20-13(10-22)15(14-9-11(2)12(3)31-14)16-17(23)18(19(24)28)32-21(16)25-20/h9H,4-8,23H2,1-3H3,(H2,24,28). The molecule has 0 radical (unpaired) electrons. The van der Waals surface area contributed by atoms with Crippen LogP contribution in [-0.4, -0.2) is 55.5 Å². The number of carbonyl (C=O) groups excluding carboxylic acids is 1. The van der Waals surface area contributed by atoms with Crippen LogP contribution < -0.4 is 16.4 Å². The highest BCUT2D eigenvalue weighted by molar-refractivity contribution is 7.89. The molecule has 0 atom stereocenters. The predicted octanol–water partition coefficient (Wildman–Crippen LogP) is 2.20. The third-order valence-electron chi connectivity index (χ3n) is 5.90. The van der Waals surface area contributed by atoms with Crippen LogP contribution in [0.5, 0.6) is 0 Å². The molecule has 0 aliphatic carbocycles. The summed E-state index contributed by atoms with van der Waals surface area (Å²) >= 11 is 1.06. The maximum atomic E-state index is 12.2. The topological polar surface area (TPSA) is 160 Å². The van der Waals surface area contributed by atoms with Crippen LogP contribution >= 0.6 is 11.3 Å². The summed E-state index contributed by atoms with van der Waals surface area (Å²) in [5.41, 5.74) is 13.6. The average Bonchev–Trinajstić information content (AvgIpc) is 3.31. The molecule has 0 spiro atoms. The number of aryl methyl sites for hydroxylation is 2. The number of piperazine rings is 1. The van der Waals surface area contributed by atoms with Crippen molar-refractivity contribution in [2.24, 2.45) is 5.73 Å². The molecule has 0 saturated carbocycles. The number of amides is 1. The van der Waals surface area contributed by atoms with Gasteiger partial charge in [0, 0.05) is 31.6 Å². The minimum Gasteiger partial charge on any atom is -0.461 e. The molecule has 3 aromatic rings. The highest BCUT2D eigenvalue weighted by atomic mass is 32.2. The number of rotatable bonds is 5. The molecule has 0 bridgehead atoms. The first-order valence-corrected chi connectivity index (χ1v) is 12.8. The van der Waals surface area contributed by atoms with Gasteiger partial charge in [-0.2, -0.15) is 9.57 Å². The zero-order valence-electron chi connectivity index (χ0n) is 18.5. The number of primary amides is 1. The van der Waals surface area contributed by atoms with Crippen molar-refractivity contribution >= 4 is 49.0 Å². The van der Waals surface area contributed by atoms with Crippen LogP contribution in [0.3, 0.4) is 0 Å². The number of thiophene rings is 1. The molecule has 3 aromatic heterocycles. The summed E-state index contributed by atoms with van der Waals surface area (Å²) in [7, 11) is -3.30. The van der Waals surface area contributed by atoms with Crippen LogP contribution in [0.1, 0.15) is 33.5 Å². The number of nitrogens with two attached hydrogens (primary N) is 2. The summed E-state index contributed by atoms with van der Waals surface area (Å²) in [6.07, 6.45) is 0. The highest BCUT2D eigenvalue weighted by Gasteiger charge is 2.31. The lowest BCUT2D eigenvalue weighted by molar-refractivity contribution is 0.100. The molecule has 12 heteroatoms. The van der Waals surface area contributed by atoms with Crippen LogP contribution in [0.2, 0.25) is 0 Å². The first-order chi connectivity index (χ1) is 15.6. The molecule has 1 aliphatic rings. The lowest BCUT2D eigenvalue weighted by Crippen LogP contribution is -2.49. The van der Waals surface area contributed by atoms with E-state index in [0.29, 0.717) is 46.2 Å². The number of hydrogen-bond donors (Lipinski definition) is 2. The van der Waals surface area contributed by atoms with Gasteiger partial charge in [-0.15, -0.1) is 11.3 Å². The number of pyridine rings is 1. The molecule has 0 aromatic carbocycles. The zero-order chi connectivity index (χ0) is 24.1. The molecular weight excluding hydrogens is 464 g/mol. The molecule has 0 unspecified atom stereocenters. The Morgan fingerprint density at radius 1 is 1.30 bits per heavy atom. The SMILES string of the molecule is CCS(=O)(=O)N1CCN(c2nc3sc(C(N)=O)c(N)c3c(-c3cc(C)c(C)o3)c2C#N)CC1. The number of hydrogen-bond acceptors (Lipinski definition) is 9. The van der Waals surface area contributed by atoms with Gasteiger partial charge in [-0.1, -0.05) is 0 Å². The number of nitriles is 1. The molecule has 174 valence electrons. The summed E-state index contributed by atoms with van der Waals surface area (Å²) in [4.78, 5) is 19.1. The molecule has 4 heterocycles. The van der Waals surface area contributed by atoms with Crippen molar-refractivity contribution in [3.63, 3.8) is 0 Å². The summed E-state index contributed by atoms with van der Waals surface area (Å²) in [5.74, 6) is 0.904. The van der Waals surface area contributed by atoms with Gasteiger partial charge < -0.3 is 20.8 Å². The van der Waals surface area contributed by atoms with Crippen molar-refractivity contribution in [3.05, 3.63) is 27.8 Å². The van der Waals surface area contributed by atoms with E-state index >= 15 is 0 Å². The fraction of sp³-hybridized carbons (Fsp3) is 0.381. The largest absolute Gasteiger partial charge is 0.461 e. The van der Waals surface area contributed by atoms with E-state index in [1.165, 1.54) is 4.31 Å². The molecule has 33 heavy (non-hydrogen) atoms. The minimum absolute atomic E-state index is 0.0341. The monoisotopic (exact) mass is 488 g/mol. The molecule has 1 fully saturated rings. The number of carbonyl (C=O) groups is 1. The molecule has 4 rings (SSSR count). The highest BCUT2D eigenvalue weighted by Crippen LogP contribution is 2.44. The Bertz CT molecular complexity index is 1390. The van der Waals surface area contributed by atoms with Crippen molar-refractivity contribution in [2.75, 3.05) is 42.6 Å². The number of anilines is 2. The molecule has 4 N–H and O–H groups in total. The number of sulfonamides is 1. The second-order valence-electron chi connectivity index (χ2n) is 7.82. The van der Waals surface area contributed by atoms with Crippen LogP contribution in [0.4, 0.5) is 11.5 Å². The number of fused-ring (bicyclic) bond motifs is 1. The van der Waals surface area contributed by atoms with Gasteiger partial charge >= 0.3 is 0 Å². The fourth-order valence-corrected chi connectivity index (χ4v) is 6.00. The summed E-state index contributed by atoms with van der Waals surface area (Å²) < 4.78 is 31.9. The maximum Gasteiger partial charge on any atom is 0.260 e.